The lowest BCUT2D eigenvalue weighted by molar-refractivity contribution is -0.188. The molecule has 2 saturated heterocycles. The van der Waals surface area contributed by atoms with E-state index in [-0.39, 0.29) is 11.8 Å². The smallest absolute Gasteiger partial charge is 0.254 e. The molecule has 0 saturated carbocycles. The summed E-state index contributed by atoms with van der Waals surface area (Å²) in [5.74, 6) is 0.384. The Hall–Kier alpha value is -3.50. The largest absolute Gasteiger partial charge is 0.493 e. The Morgan fingerprint density at radius 2 is 1.45 bits per heavy atom. The Bertz CT molecular complexity index is 1220. The number of nitrogens with zero attached hydrogens (tertiary/aromatic N) is 2. The molecule has 2 unspecified atom stereocenters. The van der Waals surface area contributed by atoms with Crippen LogP contribution in [-0.4, -0.2) is 89.2 Å². The van der Waals surface area contributed by atoms with Crippen LogP contribution in [0.15, 0.2) is 30.3 Å². The van der Waals surface area contributed by atoms with Gasteiger partial charge in [-0.1, -0.05) is 6.07 Å². The summed E-state index contributed by atoms with van der Waals surface area (Å²) in [5, 5.41) is 0. The highest BCUT2D eigenvalue weighted by Crippen LogP contribution is 2.48. The number of hydrogen-bond acceptors (Lipinski definition) is 8. The van der Waals surface area contributed by atoms with E-state index in [0.29, 0.717) is 73.3 Å². The highest BCUT2D eigenvalue weighted by molar-refractivity contribution is 6.02. The molecule has 3 heterocycles. The van der Waals surface area contributed by atoms with Crippen LogP contribution in [0.1, 0.15) is 46.3 Å². The standard InChI is InChI=1S/C28H34N2O8/c1-29-25(17-6-7-20(33-2)21(14-17)34-3)24(18-15-22(35-4)23(36-5)16-19(18)26(29)31)27(32)30-10-8-28(9-11-30)37-12-13-38-28/h6-7,14-16,24-25H,8-13H2,1-5H3. The summed E-state index contributed by atoms with van der Waals surface area (Å²) in [6.07, 6.45) is 1.19. The third kappa shape index (κ3) is 4.31. The van der Waals surface area contributed by atoms with Crippen LogP contribution in [0.4, 0.5) is 0 Å². The fraction of sp³-hybridized carbons (Fsp3) is 0.500. The molecule has 3 aliphatic heterocycles. The van der Waals surface area contributed by atoms with E-state index < -0.39 is 17.7 Å². The Morgan fingerprint density at radius 1 is 0.868 bits per heavy atom. The minimum atomic E-state index is -0.690. The van der Waals surface area contributed by atoms with Crippen LogP contribution in [0.2, 0.25) is 0 Å². The predicted octanol–water partition coefficient (Wildman–Crippen LogP) is 3.00. The quantitative estimate of drug-likeness (QED) is 0.567. The van der Waals surface area contributed by atoms with E-state index in [0.717, 1.165) is 5.56 Å². The first-order valence-corrected chi connectivity index (χ1v) is 12.7. The highest BCUT2D eigenvalue weighted by Gasteiger charge is 2.47. The fourth-order valence-electron chi connectivity index (χ4n) is 5.82. The molecule has 5 rings (SSSR count). The molecule has 2 aromatic rings. The number of amides is 2. The van der Waals surface area contributed by atoms with E-state index in [9.17, 15) is 9.59 Å². The van der Waals surface area contributed by atoms with Gasteiger partial charge in [0, 0.05) is 38.5 Å². The molecule has 38 heavy (non-hydrogen) atoms. The maximum absolute atomic E-state index is 14.4. The molecule has 0 aromatic heterocycles. The first-order valence-electron chi connectivity index (χ1n) is 12.7. The molecule has 2 atom stereocenters. The predicted molar refractivity (Wildman–Crippen MR) is 137 cm³/mol. The minimum absolute atomic E-state index is 0.0783. The lowest BCUT2D eigenvalue weighted by Crippen LogP contribution is -2.51. The Labute approximate surface area is 222 Å². The van der Waals surface area contributed by atoms with Crippen molar-refractivity contribution < 1.29 is 38.0 Å². The maximum Gasteiger partial charge on any atom is 0.254 e. The fourth-order valence-corrected chi connectivity index (χ4v) is 5.82. The topological polar surface area (TPSA) is 96.0 Å². The lowest BCUT2D eigenvalue weighted by Gasteiger charge is -2.44. The zero-order chi connectivity index (χ0) is 27.0. The maximum atomic E-state index is 14.4. The summed E-state index contributed by atoms with van der Waals surface area (Å²) >= 11 is 0. The van der Waals surface area contributed by atoms with Crippen molar-refractivity contribution in [3.8, 4) is 23.0 Å². The Morgan fingerprint density at radius 3 is 2.05 bits per heavy atom. The number of carbonyl (C=O) groups excluding carboxylic acids is 2. The van der Waals surface area contributed by atoms with E-state index in [2.05, 4.69) is 0 Å². The van der Waals surface area contributed by atoms with Crippen molar-refractivity contribution in [1.82, 2.24) is 9.80 Å². The van der Waals surface area contributed by atoms with E-state index in [1.54, 1.807) is 44.4 Å². The molecule has 204 valence electrons. The van der Waals surface area contributed by atoms with Crippen molar-refractivity contribution >= 4 is 11.8 Å². The van der Waals surface area contributed by atoms with Gasteiger partial charge in [0.05, 0.1) is 53.6 Å². The molecule has 10 nitrogen and oxygen atoms in total. The van der Waals surface area contributed by atoms with Crippen molar-refractivity contribution in [2.24, 2.45) is 0 Å². The number of carbonyl (C=O) groups is 2. The summed E-state index contributed by atoms with van der Waals surface area (Å²) in [6, 6.07) is 8.30. The summed E-state index contributed by atoms with van der Waals surface area (Å²) in [4.78, 5) is 31.5. The van der Waals surface area contributed by atoms with E-state index >= 15 is 0 Å². The number of piperidine rings is 1. The minimum Gasteiger partial charge on any atom is -0.493 e. The number of ether oxygens (including phenoxy) is 6. The Kier molecular flexibility index (Phi) is 7.11. The number of likely N-dealkylation sites (N-methyl/N-ethyl adjacent to an activating group) is 1. The molecule has 0 radical (unpaired) electrons. The monoisotopic (exact) mass is 526 g/mol. The summed E-state index contributed by atoms with van der Waals surface area (Å²) in [6.45, 7) is 2.13. The third-order valence-corrected chi connectivity index (χ3v) is 7.84. The number of likely N-dealkylation sites (tertiary alicyclic amines) is 1. The van der Waals surface area contributed by atoms with Crippen LogP contribution in [-0.2, 0) is 14.3 Å². The number of fused-ring (bicyclic) bond motifs is 1. The number of hydrogen-bond donors (Lipinski definition) is 0. The first-order chi connectivity index (χ1) is 18.4. The molecular formula is C28H34N2O8. The van der Waals surface area contributed by atoms with Gasteiger partial charge in [-0.05, 0) is 35.4 Å². The first kappa shape index (κ1) is 26.1. The summed E-state index contributed by atoms with van der Waals surface area (Å²) in [7, 11) is 7.90. The van der Waals surface area contributed by atoms with Gasteiger partial charge in [0.2, 0.25) is 5.91 Å². The van der Waals surface area contributed by atoms with E-state index in [1.807, 2.05) is 17.0 Å². The van der Waals surface area contributed by atoms with Gasteiger partial charge in [-0.25, -0.2) is 0 Å². The van der Waals surface area contributed by atoms with Crippen LogP contribution >= 0.6 is 0 Å². The van der Waals surface area contributed by atoms with Gasteiger partial charge in [0.15, 0.2) is 28.8 Å². The van der Waals surface area contributed by atoms with Crippen molar-refractivity contribution in [3.63, 3.8) is 0 Å². The summed E-state index contributed by atoms with van der Waals surface area (Å²) < 4.78 is 33.7. The summed E-state index contributed by atoms with van der Waals surface area (Å²) in [5.41, 5.74) is 1.77. The molecule has 0 N–H and O–H groups in total. The number of rotatable bonds is 6. The number of methoxy groups -OCH3 is 4. The normalized spacial score (nSPS) is 22.3. The molecule has 10 heteroatoms. The molecule has 3 aliphatic rings. The van der Waals surface area contributed by atoms with E-state index in [4.69, 9.17) is 28.4 Å². The average Bonchev–Trinajstić information content (AvgIpc) is 3.41. The average molecular weight is 527 g/mol. The van der Waals surface area contributed by atoms with Gasteiger partial charge < -0.3 is 38.2 Å². The van der Waals surface area contributed by atoms with Crippen molar-refractivity contribution in [3.05, 3.63) is 47.0 Å². The second-order valence-electron chi connectivity index (χ2n) is 9.68. The molecule has 0 aliphatic carbocycles. The highest BCUT2D eigenvalue weighted by atomic mass is 16.7. The SMILES string of the molecule is COc1ccc(C2C(C(=O)N3CCC4(CC3)OCCO4)c3cc(OC)c(OC)cc3C(=O)N2C)cc1OC. The van der Waals surface area contributed by atoms with Crippen molar-refractivity contribution in [1.29, 1.82) is 0 Å². The molecule has 2 fully saturated rings. The van der Waals surface area contributed by atoms with Crippen molar-refractivity contribution in [2.45, 2.75) is 30.6 Å². The van der Waals surface area contributed by atoms with Gasteiger partial charge in [-0.15, -0.1) is 0 Å². The second kappa shape index (κ2) is 10.3. The van der Waals surface area contributed by atoms with Gasteiger partial charge >= 0.3 is 0 Å². The van der Waals surface area contributed by atoms with Crippen molar-refractivity contribution in [2.75, 3.05) is 61.8 Å². The van der Waals surface area contributed by atoms with Gasteiger partial charge in [0.25, 0.3) is 5.91 Å². The Balaban J connectivity index is 1.60. The van der Waals surface area contributed by atoms with Gasteiger partial charge in [-0.2, -0.15) is 0 Å². The zero-order valence-electron chi connectivity index (χ0n) is 22.4. The molecular weight excluding hydrogens is 492 g/mol. The molecule has 0 bridgehead atoms. The zero-order valence-corrected chi connectivity index (χ0v) is 22.4. The van der Waals surface area contributed by atoms with Crippen LogP contribution in [0.5, 0.6) is 23.0 Å². The second-order valence-corrected chi connectivity index (χ2v) is 9.68. The van der Waals surface area contributed by atoms with Crippen LogP contribution in [0, 0.1) is 0 Å². The third-order valence-electron chi connectivity index (χ3n) is 7.84. The lowest BCUT2D eigenvalue weighted by atomic mass is 9.78. The van der Waals surface area contributed by atoms with E-state index in [1.165, 1.54) is 14.2 Å². The molecule has 1 spiro atoms. The van der Waals surface area contributed by atoms with Crippen LogP contribution in [0.3, 0.4) is 0 Å². The van der Waals surface area contributed by atoms with Crippen LogP contribution in [0.25, 0.3) is 0 Å². The van der Waals surface area contributed by atoms with Gasteiger partial charge in [-0.3, -0.25) is 9.59 Å². The van der Waals surface area contributed by atoms with Gasteiger partial charge in [0.1, 0.15) is 0 Å². The molecule has 2 aromatic carbocycles. The molecule has 2 amide bonds. The number of benzene rings is 2. The van der Waals surface area contributed by atoms with Crippen LogP contribution < -0.4 is 18.9 Å².